The minimum absolute atomic E-state index is 0.237. The number of rotatable bonds is 3. The van der Waals surface area contributed by atoms with E-state index in [-0.39, 0.29) is 6.61 Å². The molecule has 1 aliphatic heterocycles. The van der Waals surface area contributed by atoms with Crippen LogP contribution in [-0.2, 0) is 6.42 Å². The molecule has 88 valence electrons. The highest BCUT2D eigenvalue weighted by Gasteiger charge is 2.15. The van der Waals surface area contributed by atoms with Crippen LogP contribution in [0.4, 0.5) is 5.69 Å². The Kier molecular flexibility index (Phi) is 3.83. The zero-order valence-corrected chi connectivity index (χ0v) is 10.0. The molecule has 0 spiro atoms. The summed E-state index contributed by atoms with van der Waals surface area (Å²) in [4.78, 5) is 2.46. The van der Waals surface area contributed by atoms with E-state index in [9.17, 15) is 0 Å². The van der Waals surface area contributed by atoms with Crippen LogP contribution < -0.4 is 4.90 Å². The van der Waals surface area contributed by atoms with E-state index in [1.54, 1.807) is 0 Å². The van der Waals surface area contributed by atoms with Crippen molar-refractivity contribution in [2.75, 3.05) is 24.6 Å². The summed E-state index contributed by atoms with van der Waals surface area (Å²) >= 11 is 0. The highest BCUT2D eigenvalue weighted by atomic mass is 16.2. The monoisotopic (exact) mass is 219 g/mol. The van der Waals surface area contributed by atoms with E-state index in [0.717, 1.165) is 12.3 Å². The molecule has 0 bridgehead atoms. The molecule has 1 aromatic rings. The molecule has 1 N–H and O–H groups in total. The van der Waals surface area contributed by atoms with Crippen molar-refractivity contribution in [3.8, 4) is 0 Å². The molecule has 0 saturated carbocycles. The Balaban J connectivity index is 1.98. The minimum atomic E-state index is 0.237. The van der Waals surface area contributed by atoms with Crippen molar-refractivity contribution in [2.24, 2.45) is 5.92 Å². The number of piperidine rings is 1. The predicted octanol–water partition coefficient (Wildman–Crippen LogP) is 2.46. The van der Waals surface area contributed by atoms with E-state index in [1.165, 1.54) is 37.2 Å². The SMILES string of the molecule is CC1CCN(c2ccc(CCO)cc2)CC1. The second kappa shape index (κ2) is 5.35. The maximum Gasteiger partial charge on any atom is 0.0471 e. The van der Waals surface area contributed by atoms with Crippen LogP contribution in [0.1, 0.15) is 25.3 Å². The van der Waals surface area contributed by atoms with Crippen molar-refractivity contribution >= 4 is 5.69 Å². The lowest BCUT2D eigenvalue weighted by Gasteiger charge is -2.32. The van der Waals surface area contributed by atoms with Crippen molar-refractivity contribution in [1.29, 1.82) is 0 Å². The summed E-state index contributed by atoms with van der Waals surface area (Å²) in [5.74, 6) is 0.880. The largest absolute Gasteiger partial charge is 0.396 e. The van der Waals surface area contributed by atoms with Crippen LogP contribution in [0, 0.1) is 5.92 Å². The molecule has 16 heavy (non-hydrogen) atoms. The van der Waals surface area contributed by atoms with Crippen LogP contribution in [0.15, 0.2) is 24.3 Å². The van der Waals surface area contributed by atoms with Crippen molar-refractivity contribution in [3.05, 3.63) is 29.8 Å². The molecule has 1 aromatic carbocycles. The molecular weight excluding hydrogens is 198 g/mol. The zero-order chi connectivity index (χ0) is 11.4. The maximum atomic E-state index is 8.86. The highest BCUT2D eigenvalue weighted by molar-refractivity contribution is 5.47. The number of aliphatic hydroxyl groups excluding tert-OH is 1. The predicted molar refractivity (Wildman–Crippen MR) is 67.8 cm³/mol. The maximum absolute atomic E-state index is 8.86. The van der Waals surface area contributed by atoms with Gasteiger partial charge in [0.25, 0.3) is 0 Å². The summed E-state index contributed by atoms with van der Waals surface area (Å²) in [7, 11) is 0. The Morgan fingerprint density at radius 2 is 1.81 bits per heavy atom. The number of benzene rings is 1. The van der Waals surface area contributed by atoms with Gasteiger partial charge in [0.2, 0.25) is 0 Å². The lowest BCUT2D eigenvalue weighted by molar-refractivity contribution is 0.299. The number of aliphatic hydroxyl groups is 1. The fourth-order valence-electron chi connectivity index (χ4n) is 2.27. The second-order valence-corrected chi connectivity index (χ2v) is 4.81. The van der Waals surface area contributed by atoms with Gasteiger partial charge in [-0.15, -0.1) is 0 Å². The summed E-state index contributed by atoms with van der Waals surface area (Å²) in [6, 6.07) is 8.62. The third-order valence-electron chi connectivity index (χ3n) is 3.49. The number of hydrogen-bond donors (Lipinski definition) is 1. The van der Waals surface area contributed by atoms with Gasteiger partial charge >= 0.3 is 0 Å². The Hall–Kier alpha value is -1.02. The molecule has 2 heteroatoms. The molecule has 0 radical (unpaired) electrons. The molecule has 0 aliphatic carbocycles. The van der Waals surface area contributed by atoms with Crippen LogP contribution in [0.3, 0.4) is 0 Å². The second-order valence-electron chi connectivity index (χ2n) is 4.81. The van der Waals surface area contributed by atoms with Gasteiger partial charge in [0.1, 0.15) is 0 Å². The first kappa shape index (κ1) is 11.5. The number of hydrogen-bond acceptors (Lipinski definition) is 2. The molecule has 0 aromatic heterocycles. The van der Waals surface area contributed by atoms with E-state index >= 15 is 0 Å². The molecular formula is C14H21NO. The standard InChI is InChI=1S/C14H21NO/c1-12-6-9-15(10-7-12)14-4-2-13(3-5-14)8-11-16/h2-5,12,16H,6-11H2,1H3. The third kappa shape index (κ3) is 2.76. The lowest BCUT2D eigenvalue weighted by atomic mass is 9.98. The molecule has 1 aliphatic rings. The van der Waals surface area contributed by atoms with Gasteiger partial charge in [-0.1, -0.05) is 19.1 Å². The summed E-state index contributed by atoms with van der Waals surface area (Å²) < 4.78 is 0. The Morgan fingerprint density at radius 1 is 1.19 bits per heavy atom. The van der Waals surface area contributed by atoms with Gasteiger partial charge in [-0.2, -0.15) is 0 Å². The average Bonchev–Trinajstić information content (AvgIpc) is 2.32. The summed E-state index contributed by atoms with van der Waals surface area (Å²) in [6.07, 6.45) is 3.37. The topological polar surface area (TPSA) is 23.5 Å². The van der Waals surface area contributed by atoms with Crippen LogP contribution in [-0.4, -0.2) is 24.8 Å². The number of nitrogens with zero attached hydrogens (tertiary/aromatic N) is 1. The van der Waals surface area contributed by atoms with Crippen LogP contribution in [0.5, 0.6) is 0 Å². The highest BCUT2D eigenvalue weighted by Crippen LogP contribution is 2.23. The van der Waals surface area contributed by atoms with Gasteiger partial charge in [0.05, 0.1) is 0 Å². The lowest BCUT2D eigenvalue weighted by Crippen LogP contribution is -2.32. The molecule has 2 nitrogen and oxygen atoms in total. The summed E-state index contributed by atoms with van der Waals surface area (Å²) in [5.41, 5.74) is 2.55. The average molecular weight is 219 g/mol. The molecule has 0 atom stereocenters. The van der Waals surface area contributed by atoms with Gasteiger partial charge in [0.15, 0.2) is 0 Å². The van der Waals surface area contributed by atoms with Crippen molar-refractivity contribution < 1.29 is 5.11 Å². The van der Waals surface area contributed by atoms with E-state index in [0.29, 0.717) is 0 Å². The first-order valence-electron chi connectivity index (χ1n) is 6.24. The molecule has 0 unspecified atom stereocenters. The van der Waals surface area contributed by atoms with Crippen LogP contribution in [0.25, 0.3) is 0 Å². The Labute approximate surface area is 97.9 Å². The van der Waals surface area contributed by atoms with E-state index in [4.69, 9.17) is 5.11 Å². The Bertz CT molecular complexity index is 312. The van der Waals surface area contributed by atoms with Gasteiger partial charge in [-0.3, -0.25) is 0 Å². The molecule has 1 saturated heterocycles. The van der Waals surface area contributed by atoms with E-state index in [2.05, 4.69) is 36.1 Å². The van der Waals surface area contributed by atoms with Gasteiger partial charge in [-0.05, 0) is 42.9 Å². The summed E-state index contributed by atoms with van der Waals surface area (Å²) in [6.45, 7) is 4.93. The van der Waals surface area contributed by atoms with Gasteiger partial charge < -0.3 is 10.0 Å². The minimum Gasteiger partial charge on any atom is -0.396 e. The summed E-state index contributed by atoms with van der Waals surface area (Å²) in [5, 5.41) is 8.86. The third-order valence-corrected chi connectivity index (χ3v) is 3.49. The normalized spacial score (nSPS) is 17.8. The van der Waals surface area contributed by atoms with Crippen LogP contribution >= 0.6 is 0 Å². The quantitative estimate of drug-likeness (QED) is 0.844. The van der Waals surface area contributed by atoms with E-state index in [1.807, 2.05) is 0 Å². The van der Waals surface area contributed by atoms with Crippen molar-refractivity contribution in [2.45, 2.75) is 26.2 Å². The fraction of sp³-hybridized carbons (Fsp3) is 0.571. The first-order chi connectivity index (χ1) is 7.79. The van der Waals surface area contributed by atoms with Gasteiger partial charge in [-0.25, -0.2) is 0 Å². The van der Waals surface area contributed by atoms with Crippen LogP contribution in [0.2, 0.25) is 0 Å². The molecule has 2 rings (SSSR count). The smallest absolute Gasteiger partial charge is 0.0471 e. The van der Waals surface area contributed by atoms with Crippen molar-refractivity contribution in [1.82, 2.24) is 0 Å². The van der Waals surface area contributed by atoms with E-state index < -0.39 is 0 Å². The molecule has 1 fully saturated rings. The number of anilines is 1. The van der Waals surface area contributed by atoms with Gasteiger partial charge in [0, 0.05) is 25.4 Å². The fourth-order valence-corrected chi connectivity index (χ4v) is 2.27. The zero-order valence-electron chi connectivity index (χ0n) is 10.0. The first-order valence-corrected chi connectivity index (χ1v) is 6.24. The molecule has 0 amide bonds. The van der Waals surface area contributed by atoms with Crippen molar-refractivity contribution in [3.63, 3.8) is 0 Å². The molecule has 1 heterocycles. The Morgan fingerprint density at radius 3 is 2.38 bits per heavy atom.